The average molecular weight is 495 g/mol. The summed E-state index contributed by atoms with van der Waals surface area (Å²) in [4.78, 5) is 49.2. The fraction of sp³-hybridized carbons (Fsp3) is 0.125. The summed E-state index contributed by atoms with van der Waals surface area (Å²) >= 11 is 0.700. The van der Waals surface area contributed by atoms with Crippen molar-refractivity contribution in [2.75, 3.05) is 11.9 Å². The van der Waals surface area contributed by atoms with Crippen molar-refractivity contribution < 1.29 is 23.7 Å². The molecule has 178 valence electrons. The highest BCUT2D eigenvalue weighted by atomic mass is 32.2. The minimum absolute atomic E-state index is 0.0476. The number of aromatic nitrogens is 1. The number of carbonyl (C=O) groups is 3. The van der Waals surface area contributed by atoms with E-state index < -0.39 is 34.3 Å². The molecule has 1 aliphatic heterocycles. The van der Waals surface area contributed by atoms with Crippen LogP contribution in [0.15, 0.2) is 59.5 Å². The summed E-state index contributed by atoms with van der Waals surface area (Å²) in [5.41, 5.74) is 2.63. The van der Waals surface area contributed by atoms with E-state index in [9.17, 15) is 28.9 Å². The van der Waals surface area contributed by atoms with Crippen LogP contribution in [0.25, 0.3) is 11.8 Å². The molecular weight excluding hydrogens is 475 g/mol. The van der Waals surface area contributed by atoms with Gasteiger partial charge in [0.05, 0.1) is 21.2 Å². The number of aryl methyl sites for hydroxylation is 1. The normalized spacial score (nSPS) is 14.6. The predicted molar refractivity (Wildman–Crippen MR) is 130 cm³/mol. The van der Waals surface area contributed by atoms with E-state index in [4.69, 9.17) is 0 Å². The molecule has 35 heavy (non-hydrogen) atoms. The molecule has 0 spiro atoms. The molecule has 1 aromatic heterocycles. The largest absolute Gasteiger partial charge is 0.322 e. The number of amides is 3. The Bertz CT molecular complexity index is 1410. The van der Waals surface area contributed by atoms with Crippen molar-refractivity contribution >= 4 is 46.3 Å². The number of para-hydroxylation sites is 1. The molecule has 11 heteroatoms. The van der Waals surface area contributed by atoms with Crippen LogP contribution in [0.1, 0.15) is 17.0 Å². The number of hydrogen-bond acceptors (Lipinski definition) is 6. The van der Waals surface area contributed by atoms with Gasteiger partial charge in [-0.15, -0.1) is 0 Å². The van der Waals surface area contributed by atoms with Crippen LogP contribution in [0.4, 0.5) is 20.6 Å². The van der Waals surface area contributed by atoms with Crippen molar-refractivity contribution in [1.29, 1.82) is 0 Å². The Hall–Kier alpha value is -4.25. The summed E-state index contributed by atoms with van der Waals surface area (Å²) in [7, 11) is 0. The van der Waals surface area contributed by atoms with E-state index in [-0.39, 0.29) is 16.3 Å². The summed E-state index contributed by atoms with van der Waals surface area (Å²) in [5, 5.41) is 12.9. The molecule has 0 saturated carbocycles. The zero-order chi connectivity index (χ0) is 25.3. The lowest BCUT2D eigenvalue weighted by Gasteiger charge is -2.12. The fourth-order valence-corrected chi connectivity index (χ4v) is 4.58. The first-order chi connectivity index (χ1) is 16.7. The van der Waals surface area contributed by atoms with Gasteiger partial charge in [-0.25, -0.2) is 4.39 Å². The van der Waals surface area contributed by atoms with Gasteiger partial charge in [0.2, 0.25) is 5.91 Å². The van der Waals surface area contributed by atoms with E-state index in [0.29, 0.717) is 28.7 Å². The van der Waals surface area contributed by atoms with Crippen molar-refractivity contribution in [3.63, 3.8) is 0 Å². The van der Waals surface area contributed by atoms with Crippen LogP contribution in [0.5, 0.6) is 0 Å². The molecule has 1 N–H and O–H groups in total. The van der Waals surface area contributed by atoms with Gasteiger partial charge < -0.3 is 9.88 Å². The number of hydrogen-bond donors (Lipinski definition) is 1. The Morgan fingerprint density at radius 3 is 2.60 bits per heavy atom. The maximum absolute atomic E-state index is 13.8. The molecule has 3 amide bonds. The van der Waals surface area contributed by atoms with Gasteiger partial charge in [-0.2, -0.15) is 0 Å². The highest BCUT2D eigenvalue weighted by Gasteiger charge is 2.36. The molecule has 3 aromatic rings. The SMILES string of the molecule is Cc1cc(C=C2SC(=O)N(CC(=O)Nc3ccccc3F)C2=O)c(C)n1-c1cccc([N+](=O)[O-])c1. The van der Waals surface area contributed by atoms with Crippen molar-refractivity contribution in [2.45, 2.75) is 13.8 Å². The molecule has 9 nitrogen and oxygen atoms in total. The van der Waals surface area contributed by atoms with Gasteiger partial charge in [-0.05, 0) is 61.5 Å². The number of rotatable bonds is 6. The van der Waals surface area contributed by atoms with Crippen molar-refractivity contribution in [3.8, 4) is 5.69 Å². The number of imide groups is 1. The standard InChI is InChI=1S/C24H19FN4O5S/c1-14-10-16(15(2)28(14)17-6-5-7-18(12-17)29(33)34)11-21-23(31)27(24(32)35-21)13-22(30)26-20-9-4-3-8-19(20)25/h3-12H,13H2,1-2H3,(H,26,30). The minimum atomic E-state index is -0.706. The first kappa shape index (κ1) is 23.9. The van der Waals surface area contributed by atoms with Crippen molar-refractivity contribution in [2.24, 2.45) is 0 Å². The van der Waals surface area contributed by atoms with Gasteiger partial charge in [0.1, 0.15) is 12.4 Å². The minimum Gasteiger partial charge on any atom is -0.322 e. The second kappa shape index (κ2) is 9.55. The van der Waals surface area contributed by atoms with E-state index in [0.717, 1.165) is 10.6 Å². The van der Waals surface area contributed by atoms with Gasteiger partial charge in [0.25, 0.3) is 16.8 Å². The summed E-state index contributed by atoms with van der Waals surface area (Å²) in [6.45, 7) is 3.06. The highest BCUT2D eigenvalue weighted by Crippen LogP contribution is 2.34. The number of non-ortho nitro benzene ring substituents is 1. The topological polar surface area (TPSA) is 115 Å². The van der Waals surface area contributed by atoms with Crippen molar-refractivity contribution in [3.05, 3.63) is 92.4 Å². The van der Waals surface area contributed by atoms with Gasteiger partial charge in [0.15, 0.2) is 0 Å². The molecule has 0 bridgehead atoms. The quantitative estimate of drug-likeness (QED) is 0.299. The van der Waals surface area contributed by atoms with Crippen LogP contribution in [0, 0.1) is 29.8 Å². The zero-order valence-electron chi connectivity index (χ0n) is 18.6. The molecule has 2 heterocycles. The third-order valence-electron chi connectivity index (χ3n) is 5.38. The second-order valence-corrected chi connectivity index (χ2v) is 8.73. The lowest BCUT2D eigenvalue weighted by Crippen LogP contribution is -2.36. The maximum atomic E-state index is 13.8. The third-order valence-corrected chi connectivity index (χ3v) is 6.29. The fourth-order valence-electron chi connectivity index (χ4n) is 3.75. The Morgan fingerprint density at radius 1 is 1.14 bits per heavy atom. The van der Waals surface area contributed by atoms with Gasteiger partial charge in [-0.1, -0.05) is 18.2 Å². The molecule has 4 rings (SSSR count). The number of nitro benzene ring substituents is 1. The Morgan fingerprint density at radius 2 is 1.89 bits per heavy atom. The number of carbonyl (C=O) groups excluding carboxylic acids is 3. The Labute approximate surface area is 203 Å². The van der Waals surface area contributed by atoms with E-state index in [2.05, 4.69) is 5.32 Å². The number of nitrogens with zero attached hydrogens (tertiary/aromatic N) is 3. The summed E-state index contributed by atoms with van der Waals surface area (Å²) in [6, 6.07) is 13.5. The number of nitrogens with one attached hydrogen (secondary N) is 1. The molecule has 1 aliphatic rings. The number of thioether (sulfide) groups is 1. The Kier molecular flexibility index (Phi) is 6.52. The summed E-state index contributed by atoms with van der Waals surface area (Å²) < 4.78 is 15.6. The molecule has 0 unspecified atom stereocenters. The molecule has 0 atom stereocenters. The summed E-state index contributed by atoms with van der Waals surface area (Å²) in [6.07, 6.45) is 1.55. The maximum Gasteiger partial charge on any atom is 0.294 e. The van der Waals surface area contributed by atoms with Crippen LogP contribution >= 0.6 is 11.8 Å². The molecule has 2 aromatic carbocycles. The van der Waals surface area contributed by atoms with Crippen LogP contribution in [0.2, 0.25) is 0 Å². The van der Waals surface area contributed by atoms with Crippen LogP contribution in [-0.4, -0.2) is 38.0 Å². The Balaban J connectivity index is 1.55. The zero-order valence-corrected chi connectivity index (χ0v) is 19.5. The number of benzene rings is 2. The molecule has 0 aliphatic carbocycles. The number of anilines is 1. The van der Waals surface area contributed by atoms with E-state index in [1.54, 1.807) is 37.3 Å². The van der Waals surface area contributed by atoms with E-state index >= 15 is 0 Å². The van der Waals surface area contributed by atoms with E-state index in [1.807, 2.05) is 11.5 Å². The van der Waals surface area contributed by atoms with Gasteiger partial charge >= 0.3 is 0 Å². The number of nitro groups is 1. The average Bonchev–Trinajstić information content (AvgIpc) is 3.24. The molecular formula is C24H19FN4O5S. The van der Waals surface area contributed by atoms with Gasteiger partial charge in [0, 0.05) is 23.5 Å². The lowest BCUT2D eigenvalue weighted by atomic mass is 10.2. The van der Waals surface area contributed by atoms with Crippen LogP contribution in [-0.2, 0) is 9.59 Å². The van der Waals surface area contributed by atoms with Crippen LogP contribution < -0.4 is 5.32 Å². The molecule has 1 saturated heterocycles. The molecule has 1 fully saturated rings. The van der Waals surface area contributed by atoms with Crippen molar-refractivity contribution in [1.82, 2.24) is 9.47 Å². The smallest absolute Gasteiger partial charge is 0.294 e. The van der Waals surface area contributed by atoms with Crippen LogP contribution in [0.3, 0.4) is 0 Å². The third kappa shape index (κ3) is 4.85. The second-order valence-electron chi connectivity index (χ2n) is 7.73. The molecule has 0 radical (unpaired) electrons. The van der Waals surface area contributed by atoms with Gasteiger partial charge in [-0.3, -0.25) is 29.4 Å². The summed E-state index contributed by atoms with van der Waals surface area (Å²) in [5.74, 6) is -1.97. The lowest BCUT2D eigenvalue weighted by molar-refractivity contribution is -0.384. The highest BCUT2D eigenvalue weighted by molar-refractivity contribution is 8.18. The number of halogens is 1. The monoisotopic (exact) mass is 494 g/mol. The van der Waals surface area contributed by atoms with E-state index in [1.165, 1.54) is 30.3 Å². The predicted octanol–water partition coefficient (Wildman–Crippen LogP) is 4.82. The first-order valence-corrected chi connectivity index (χ1v) is 11.2. The first-order valence-electron chi connectivity index (χ1n) is 10.4.